The fraction of sp³-hybridized carbons (Fsp3) is 0.571. The summed E-state index contributed by atoms with van der Waals surface area (Å²) in [6.45, 7) is 4.49. The zero-order valence-corrected chi connectivity index (χ0v) is 12.0. The molecule has 0 fully saturated rings. The second-order valence-electron chi connectivity index (χ2n) is 4.51. The lowest BCUT2D eigenvalue weighted by atomic mass is 9.92. The third kappa shape index (κ3) is 3.82. The number of hydrogen-bond donors (Lipinski definition) is 1. The molecule has 1 rings (SSSR count). The molecule has 0 aliphatic heterocycles. The Hall–Kier alpha value is -0.870. The van der Waals surface area contributed by atoms with Crippen LogP contribution < -0.4 is 5.73 Å². The molecule has 1 atom stereocenters. The van der Waals surface area contributed by atoms with Crippen LogP contribution in [0.5, 0.6) is 0 Å². The van der Waals surface area contributed by atoms with Gasteiger partial charge in [-0.05, 0) is 49.4 Å². The van der Waals surface area contributed by atoms with E-state index in [4.69, 9.17) is 5.73 Å². The van der Waals surface area contributed by atoms with Gasteiger partial charge in [-0.1, -0.05) is 26.0 Å². The maximum absolute atomic E-state index is 11.9. The van der Waals surface area contributed by atoms with Crippen molar-refractivity contribution >= 4 is 9.84 Å². The SMILES string of the molecule is CCC(CCCN)c1cccc(S(=O)(=O)CC)c1. The van der Waals surface area contributed by atoms with E-state index in [0.29, 0.717) is 17.4 Å². The minimum absolute atomic E-state index is 0.149. The zero-order chi connectivity index (χ0) is 13.6. The van der Waals surface area contributed by atoms with Gasteiger partial charge in [-0.15, -0.1) is 0 Å². The fourth-order valence-electron chi connectivity index (χ4n) is 2.10. The summed E-state index contributed by atoms with van der Waals surface area (Å²) in [6, 6.07) is 7.35. The van der Waals surface area contributed by atoms with Crippen LogP contribution in [0.2, 0.25) is 0 Å². The molecule has 1 aromatic carbocycles. The van der Waals surface area contributed by atoms with E-state index in [0.717, 1.165) is 24.8 Å². The highest BCUT2D eigenvalue weighted by atomic mass is 32.2. The Labute approximate surface area is 110 Å². The predicted molar refractivity (Wildman–Crippen MR) is 75.5 cm³/mol. The van der Waals surface area contributed by atoms with Gasteiger partial charge >= 0.3 is 0 Å². The van der Waals surface area contributed by atoms with Crippen molar-refractivity contribution in [2.75, 3.05) is 12.3 Å². The van der Waals surface area contributed by atoms with Gasteiger partial charge < -0.3 is 5.73 Å². The van der Waals surface area contributed by atoms with Crippen LogP contribution in [0.4, 0.5) is 0 Å². The molecule has 18 heavy (non-hydrogen) atoms. The molecule has 0 saturated heterocycles. The Morgan fingerprint density at radius 2 is 2.00 bits per heavy atom. The van der Waals surface area contributed by atoms with Gasteiger partial charge in [0, 0.05) is 0 Å². The maximum atomic E-state index is 11.9. The molecular formula is C14H23NO2S. The van der Waals surface area contributed by atoms with Gasteiger partial charge in [-0.2, -0.15) is 0 Å². The predicted octanol–water partition coefficient (Wildman–Crippen LogP) is 2.71. The lowest BCUT2D eigenvalue weighted by Gasteiger charge is -2.15. The van der Waals surface area contributed by atoms with Crippen LogP contribution in [0, 0.1) is 0 Å². The molecule has 0 amide bonds. The molecule has 102 valence electrons. The molecule has 0 heterocycles. The molecule has 0 saturated carbocycles. The summed E-state index contributed by atoms with van der Waals surface area (Å²) in [4.78, 5) is 0.439. The third-order valence-corrected chi connectivity index (χ3v) is 5.05. The second-order valence-corrected chi connectivity index (χ2v) is 6.79. The van der Waals surface area contributed by atoms with Gasteiger partial charge in [0.2, 0.25) is 0 Å². The Kier molecular flexibility index (Phi) is 5.82. The van der Waals surface area contributed by atoms with Crippen LogP contribution in [-0.2, 0) is 9.84 Å². The minimum Gasteiger partial charge on any atom is -0.330 e. The Bertz CT molecular complexity index is 468. The summed E-state index contributed by atoms with van der Waals surface area (Å²) < 4.78 is 23.7. The van der Waals surface area contributed by atoms with Crippen molar-refractivity contribution < 1.29 is 8.42 Å². The summed E-state index contributed by atoms with van der Waals surface area (Å²) in [5, 5.41) is 0. The molecule has 0 aliphatic carbocycles. The smallest absolute Gasteiger partial charge is 0.178 e. The van der Waals surface area contributed by atoms with Crippen LogP contribution in [0.25, 0.3) is 0 Å². The van der Waals surface area contributed by atoms with Gasteiger partial charge in [0.05, 0.1) is 10.6 Å². The molecule has 2 N–H and O–H groups in total. The first kappa shape index (κ1) is 15.2. The van der Waals surface area contributed by atoms with Gasteiger partial charge in [-0.3, -0.25) is 0 Å². The van der Waals surface area contributed by atoms with Gasteiger partial charge in [-0.25, -0.2) is 8.42 Å². The summed E-state index contributed by atoms with van der Waals surface area (Å²) in [5.74, 6) is 0.552. The molecule has 1 aromatic rings. The summed E-state index contributed by atoms with van der Waals surface area (Å²) >= 11 is 0. The molecule has 0 spiro atoms. The van der Waals surface area contributed by atoms with Crippen molar-refractivity contribution in [2.24, 2.45) is 5.73 Å². The van der Waals surface area contributed by atoms with Crippen molar-refractivity contribution in [2.45, 2.75) is 43.9 Å². The van der Waals surface area contributed by atoms with E-state index in [-0.39, 0.29) is 5.75 Å². The maximum Gasteiger partial charge on any atom is 0.178 e. The highest BCUT2D eigenvalue weighted by Crippen LogP contribution is 2.26. The molecule has 0 aromatic heterocycles. The first-order chi connectivity index (χ1) is 8.55. The number of rotatable bonds is 7. The van der Waals surface area contributed by atoms with E-state index in [1.807, 2.05) is 18.2 Å². The number of nitrogens with two attached hydrogens (primary N) is 1. The normalized spacial score (nSPS) is 13.5. The molecule has 0 bridgehead atoms. The second kappa shape index (κ2) is 6.90. The Morgan fingerprint density at radius 3 is 2.56 bits per heavy atom. The lowest BCUT2D eigenvalue weighted by Crippen LogP contribution is -2.07. The fourth-order valence-corrected chi connectivity index (χ4v) is 3.03. The topological polar surface area (TPSA) is 60.2 Å². The number of hydrogen-bond acceptors (Lipinski definition) is 3. The largest absolute Gasteiger partial charge is 0.330 e. The number of benzene rings is 1. The van der Waals surface area contributed by atoms with Gasteiger partial charge in [0.15, 0.2) is 9.84 Å². The summed E-state index contributed by atoms with van der Waals surface area (Å²) in [7, 11) is -3.11. The number of sulfone groups is 1. The van der Waals surface area contributed by atoms with E-state index in [2.05, 4.69) is 6.92 Å². The zero-order valence-electron chi connectivity index (χ0n) is 11.2. The molecule has 1 unspecified atom stereocenters. The van der Waals surface area contributed by atoms with Crippen molar-refractivity contribution in [3.05, 3.63) is 29.8 Å². The van der Waals surface area contributed by atoms with Crippen LogP contribution in [0.1, 0.15) is 44.6 Å². The first-order valence-electron chi connectivity index (χ1n) is 6.58. The molecule has 0 aliphatic rings. The standard InChI is InChI=1S/C14H23NO2S/c1-3-12(8-6-10-15)13-7-5-9-14(11-13)18(16,17)4-2/h5,7,9,11-12H,3-4,6,8,10,15H2,1-2H3. The summed E-state index contributed by atoms with van der Waals surface area (Å²) in [6.07, 6.45) is 3.00. The van der Waals surface area contributed by atoms with E-state index in [9.17, 15) is 8.42 Å². The van der Waals surface area contributed by atoms with Crippen LogP contribution >= 0.6 is 0 Å². The van der Waals surface area contributed by atoms with E-state index in [1.54, 1.807) is 13.0 Å². The third-order valence-electron chi connectivity index (χ3n) is 3.32. The van der Waals surface area contributed by atoms with Gasteiger partial charge in [0.1, 0.15) is 0 Å². The Balaban J connectivity index is 3.00. The Morgan fingerprint density at radius 1 is 1.28 bits per heavy atom. The molecular weight excluding hydrogens is 246 g/mol. The first-order valence-corrected chi connectivity index (χ1v) is 8.23. The van der Waals surface area contributed by atoms with Crippen molar-refractivity contribution in [3.8, 4) is 0 Å². The van der Waals surface area contributed by atoms with E-state index >= 15 is 0 Å². The van der Waals surface area contributed by atoms with E-state index in [1.165, 1.54) is 0 Å². The highest BCUT2D eigenvalue weighted by molar-refractivity contribution is 7.91. The lowest BCUT2D eigenvalue weighted by molar-refractivity contribution is 0.578. The molecule has 3 nitrogen and oxygen atoms in total. The van der Waals surface area contributed by atoms with Crippen molar-refractivity contribution in [1.82, 2.24) is 0 Å². The van der Waals surface area contributed by atoms with Gasteiger partial charge in [0.25, 0.3) is 0 Å². The average Bonchev–Trinajstić information content (AvgIpc) is 2.40. The summed E-state index contributed by atoms with van der Waals surface area (Å²) in [5.41, 5.74) is 6.65. The monoisotopic (exact) mass is 269 g/mol. The van der Waals surface area contributed by atoms with Crippen molar-refractivity contribution in [1.29, 1.82) is 0 Å². The van der Waals surface area contributed by atoms with Crippen LogP contribution in [0.3, 0.4) is 0 Å². The van der Waals surface area contributed by atoms with Crippen molar-refractivity contribution in [3.63, 3.8) is 0 Å². The quantitative estimate of drug-likeness (QED) is 0.828. The minimum atomic E-state index is -3.11. The average molecular weight is 269 g/mol. The van der Waals surface area contributed by atoms with Crippen LogP contribution in [-0.4, -0.2) is 20.7 Å². The van der Waals surface area contributed by atoms with Crippen LogP contribution in [0.15, 0.2) is 29.2 Å². The van der Waals surface area contributed by atoms with E-state index < -0.39 is 9.84 Å². The molecule has 4 heteroatoms. The molecule has 0 radical (unpaired) electrons. The highest BCUT2D eigenvalue weighted by Gasteiger charge is 2.15.